The second kappa shape index (κ2) is 3.92. The Morgan fingerprint density at radius 3 is 2.94 bits per heavy atom. The Balaban J connectivity index is 2.08. The van der Waals surface area contributed by atoms with Crippen molar-refractivity contribution >= 4 is 11.8 Å². The molecule has 0 bridgehead atoms. The van der Waals surface area contributed by atoms with Gasteiger partial charge in [0.05, 0.1) is 6.54 Å². The Kier molecular flexibility index (Phi) is 2.59. The minimum atomic E-state index is -0.460. The minimum absolute atomic E-state index is 0.0831. The molecule has 1 fully saturated rings. The van der Waals surface area contributed by atoms with E-state index in [4.69, 9.17) is 0 Å². The van der Waals surface area contributed by atoms with Crippen LogP contribution in [0.15, 0.2) is 6.20 Å². The molecule has 1 unspecified atom stereocenters. The number of carbonyl (C=O) groups is 2. The first kappa shape index (κ1) is 10.6. The summed E-state index contributed by atoms with van der Waals surface area (Å²) in [6, 6.07) is -0.460. The number of carbonyl (C=O) groups excluding carboxylic acids is 2. The smallest absolute Gasteiger partial charge is 0.245 e. The van der Waals surface area contributed by atoms with Crippen LogP contribution in [0.1, 0.15) is 12.6 Å². The highest BCUT2D eigenvalue weighted by Gasteiger charge is 2.29. The highest BCUT2D eigenvalue weighted by Crippen LogP contribution is 2.06. The van der Waals surface area contributed by atoms with Gasteiger partial charge < -0.3 is 10.2 Å². The van der Waals surface area contributed by atoms with E-state index >= 15 is 0 Å². The molecule has 1 atom stereocenters. The molecule has 1 aromatic rings. The number of nitrogens with one attached hydrogen (secondary N) is 1. The molecule has 1 aliphatic rings. The van der Waals surface area contributed by atoms with Crippen LogP contribution in [-0.4, -0.2) is 44.3 Å². The van der Waals surface area contributed by atoms with Crippen LogP contribution in [0.25, 0.3) is 0 Å². The first-order chi connectivity index (χ1) is 7.56. The summed E-state index contributed by atoms with van der Waals surface area (Å²) in [6.45, 7) is 2.08. The Bertz CT molecular complexity index is 427. The average molecular weight is 223 g/mol. The third kappa shape index (κ3) is 2.02. The maximum Gasteiger partial charge on any atom is 0.245 e. The van der Waals surface area contributed by atoms with Crippen molar-refractivity contribution < 1.29 is 9.59 Å². The molecule has 0 saturated carbocycles. The molecule has 7 nitrogen and oxygen atoms in total. The van der Waals surface area contributed by atoms with E-state index < -0.39 is 6.04 Å². The summed E-state index contributed by atoms with van der Waals surface area (Å²) in [5.41, 5.74) is 0.678. The van der Waals surface area contributed by atoms with E-state index in [0.717, 1.165) is 0 Å². The normalized spacial score (nSPS) is 21.1. The van der Waals surface area contributed by atoms with Gasteiger partial charge in [-0.3, -0.25) is 14.3 Å². The molecular formula is C9H13N5O2. The number of rotatable bonds is 2. The number of aryl methyl sites for hydroxylation is 1. The lowest BCUT2D eigenvalue weighted by atomic mass is 10.2. The van der Waals surface area contributed by atoms with Crippen molar-refractivity contribution in [2.45, 2.75) is 19.5 Å². The van der Waals surface area contributed by atoms with Crippen molar-refractivity contribution in [3.63, 3.8) is 0 Å². The fourth-order valence-corrected chi connectivity index (χ4v) is 1.67. The zero-order chi connectivity index (χ0) is 11.7. The molecule has 86 valence electrons. The molecule has 7 heteroatoms. The maximum atomic E-state index is 11.7. The number of nitrogens with zero attached hydrogens (tertiary/aromatic N) is 4. The summed E-state index contributed by atoms with van der Waals surface area (Å²) in [7, 11) is 1.75. The molecule has 0 radical (unpaired) electrons. The molecule has 2 rings (SSSR count). The highest BCUT2D eigenvalue weighted by molar-refractivity contribution is 5.94. The predicted octanol–water partition coefficient (Wildman–Crippen LogP) is -1.34. The van der Waals surface area contributed by atoms with Crippen molar-refractivity contribution in [3.05, 3.63) is 11.9 Å². The van der Waals surface area contributed by atoms with Crippen LogP contribution < -0.4 is 5.32 Å². The summed E-state index contributed by atoms with van der Waals surface area (Å²) in [4.78, 5) is 24.5. The average Bonchev–Trinajstić information content (AvgIpc) is 2.60. The van der Waals surface area contributed by atoms with E-state index in [0.29, 0.717) is 12.2 Å². The minimum Gasteiger partial charge on any atom is -0.343 e. The van der Waals surface area contributed by atoms with E-state index in [2.05, 4.69) is 15.6 Å². The predicted molar refractivity (Wildman–Crippen MR) is 54.0 cm³/mol. The lowest BCUT2D eigenvalue weighted by Crippen LogP contribution is -2.56. The molecule has 1 N–H and O–H groups in total. The van der Waals surface area contributed by atoms with Crippen LogP contribution in [-0.2, 0) is 23.2 Å². The SMILES string of the molecule is CC1NC(=O)CN(Cc2cn(C)nn2)C1=O. The number of piperazine rings is 1. The molecule has 0 aromatic carbocycles. The van der Waals surface area contributed by atoms with Crippen LogP contribution in [0.3, 0.4) is 0 Å². The number of aromatic nitrogens is 3. The molecule has 1 aromatic heterocycles. The van der Waals surface area contributed by atoms with Crippen molar-refractivity contribution in [1.82, 2.24) is 25.2 Å². The summed E-state index contributed by atoms with van der Waals surface area (Å²) >= 11 is 0. The standard InChI is InChI=1S/C9H13N5O2/c1-6-9(16)14(5-8(15)10-6)4-7-3-13(2)12-11-7/h3,6H,4-5H2,1-2H3,(H,10,15). The van der Waals surface area contributed by atoms with Crippen molar-refractivity contribution in [2.24, 2.45) is 7.05 Å². The van der Waals surface area contributed by atoms with Crippen LogP contribution in [0, 0.1) is 0 Å². The number of amides is 2. The summed E-state index contributed by atoms with van der Waals surface area (Å²) in [5.74, 6) is -0.235. The fraction of sp³-hybridized carbons (Fsp3) is 0.556. The van der Waals surface area contributed by atoms with Gasteiger partial charge >= 0.3 is 0 Å². The summed E-state index contributed by atoms with van der Waals surface area (Å²) < 4.78 is 1.56. The van der Waals surface area contributed by atoms with Crippen LogP contribution >= 0.6 is 0 Å². The van der Waals surface area contributed by atoms with Crippen LogP contribution in [0.5, 0.6) is 0 Å². The Hall–Kier alpha value is -1.92. The van der Waals surface area contributed by atoms with E-state index in [1.54, 1.807) is 24.9 Å². The quantitative estimate of drug-likeness (QED) is 0.673. The summed E-state index contributed by atoms with van der Waals surface area (Å²) in [5, 5.41) is 10.2. The van der Waals surface area contributed by atoms with Gasteiger partial charge in [-0.2, -0.15) is 0 Å². The molecule has 2 heterocycles. The Morgan fingerprint density at radius 1 is 1.56 bits per heavy atom. The zero-order valence-corrected chi connectivity index (χ0v) is 9.17. The second-order valence-corrected chi connectivity index (χ2v) is 3.87. The lowest BCUT2D eigenvalue weighted by molar-refractivity contribution is -0.144. The highest BCUT2D eigenvalue weighted by atomic mass is 16.2. The lowest BCUT2D eigenvalue weighted by Gasteiger charge is -2.29. The Labute approximate surface area is 92.4 Å². The molecule has 1 saturated heterocycles. The maximum absolute atomic E-state index is 11.7. The fourth-order valence-electron chi connectivity index (χ4n) is 1.67. The Morgan fingerprint density at radius 2 is 2.31 bits per heavy atom. The van der Waals surface area contributed by atoms with Crippen molar-refractivity contribution in [1.29, 1.82) is 0 Å². The molecule has 1 aliphatic heterocycles. The van der Waals surface area contributed by atoms with Gasteiger partial charge in [0.1, 0.15) is 18.3 Å². The third-order valence-electron chi connectivity index (χ3n) is 2.40. The first-order valence-electron chi connectivity index (χ1n) is 4.99. The molecular weight excluding hydrogens is 210 g/mol. The first-order valence-corrected chi connectivity index (χ1v) is 4.99. The molecule has 16 heavy (non-hydrogen) atoms. The van der Waals surface area contributed by atoms with E-state index in [9.17, 15) is 9.59 Å². The second-order valence-electron chi connectivity index (χ2n) is 3.87. The van der Waals surface area contributed by atoms with E-state index in [1.165, 1.54) is 4.90 Å². The molecule has 0 aliphatic carbocycles. The topological polar surface area (TPSA) is 80.1 Å². The van der Waals surface area contributed by atoms with Crippen LogP contribution in [0.4, 0.5) is 0 Å². The van der Waals surface area contributed by atoms with E-state index in [1.807, 2.05) is 0 Å². The van der Waals surface area contributed by atoms with Gasteiger partial charge in [-0.05, 0) is 6.92 Å². The van der Waals surface area contributed by atoms with Gasteiger partial charge in [-0.25, -0.2) is 0 Å². The van der Waals surface area contributed by atoms with Gasteiger partial charge in [-0.1, -0.05) is 5.21 Å². The van der Waals surface area contributed by atoms with Crippen LogP contribution in [0.2, 0.25) is 0 Å². The number of hydrogen-bond donors (Lipinski definition) is 1. The van der Waals surface area contributed by atoms with Gasteiger partial charge in [0.2, 0.25) is 11.8 Å². The monoisotopic (exact) mass is 223 g/mol. The van der Waals surface area contributed by atoms with E-state index in [-0.39, 0.29) is 18.4 Å². The number of hydrogen-bond acceptors (Lipinski definition) is 4. The van der Waals surface area contributed by atoms with Gasteiger partial charge in [-0.15, -0.1) is 5.10 Å². The third-order valence-corrected chi connectivity index (χ3v) is 2.40. The van der Waals surface area contributed by atoms with Crippen molar-refractivity contribution in [3.8, 4) is 0 Å². The largest absolute Gasteiger partial charge is 0.343 e. The zero-order valence-electron chi connectivity index (χ0n) is 9.17. The van der Waals surface area contributed by atoms with Gasteiger partial charge in [0.25, 0.3) is 0 Å². The molecule has 0 spiro atoms. The van der Waals surface area contributed by atoms with Crippen molar-refractivity contribution in [2.75, 3.05) is 6.54 Å². The van der Waals surface area contributed by atoms with Gasteiger partial charge in [0, 0.05) is 13.2 Å². The molecule has 2 amide bonds. The van der Waals surface area contributed by atoms with Gasteiger partial charge in [0.15, 0.2) is 0 Å². The summed E-state index contributed by atoms with van der Waals surface area (Å²) in [6.07, 6.45) is 1.73.